The van der Waals surface area contributed by atoms with Gasteiger partial charge in [0, 0.05) is 41.8 Å². The van der Waals surface area contributed by atoms with E-state index in [9.17, 15) is 0 Å². The Bertz CT molecular complexity index is 485. The van der Waals surface area contributed by atoms with Gasteiger partial charge in [-0.3, -0.25) is 4.98 Å². The number of nitrogens with zero attached hydrogens (tertiary/aromatic N) is 2. The Hall–Kier alpha value is -1.26. The van der Waals surface area contributed by atoms with Gasteiger partial charge < -0.3 is 5.32 Å². The molecule has 3 nitrogen and oxygen atoms in total. The molecular weight excluding hydrogens is 242 g/mol. The standard InChI is InChI=1S/C14H19N3S/c1-14(2,3)16-9-6-13-17-12(10-18-13)11-4-7-15-8-5-11/h4-5,7-8,10,16H,6,9H2,1-3H3. The largest absolute Gasteiger partial charge is 0.312 e. The van der Waals surface area contributed by atoms with E-state index >= 15 is 0 Å². The van der Waals surface area contributed by atoms with E-state index < -0.39 is 0 Å². The van der Waals surface area contributed by atoms with Crippen LogP contribution in [-0.2, 0) is 6.42 Å². The van der Waals surface area contributed by atoms with Crippen molar-refractivity contribution < 1.29 is 0 Å². The maximum absolute atomic E-state index is 4.65. The van der Waals surface area contributed by atoms with Crippen molar-refractivity contribution in [3.63, 3.8) is 0 Å². The Labute approximate surface area is 112 Å². The van der Waals surface area contributed by atoms with Crippen molar-refractivity contribution in [3.05, 3.63) is 34.9 Å². The Morgan fingerprint density at radius 1 is 1.22 bits per heavy atom. The quantitative estimate of drug-likeness (QED) is 0.919. The maximum atomic E-state index is 4.65. The highest BCUT2D eigenvalue weighted by Crippen LogP contribution is 2.21. The lowest BCUT2D eigenvalue weighted by Gasteiger charge is -2.19. The number of pyridine rings is 1. The molecule has 4 heteroatoms. The van der Waals surface area contributed by atoms with Crippen LogP contribution in [0.5, 0.6) is 0 Å². The van der Waals surface area contributed by atoms with Crippen LogP contribution in [0.15, 0.2) is 29.9 Å². The van der Waals surface area contributed by atoms with Gasteiger partial charge in [-0.25, -0.2) is 4.98 Å². The number of hydrogen-bond donors (Lipinski definition) is 1. The Kier molecular flexibility index (Phi) is 4.09. The topological polar surface area (TPSA) is 37.8 Å². The first-order valence-electron chi connectivity index (χ1n) is 6.14. The summed E-state index contributed by atoms with van der Waals surface area (Å²) in [4.78, 5) is 8.67. The number of thiazole rings is 1. The summed E-state index contributed by atoms with van der Waals surface area (Å²) in [6.07, 6.45) is 4.58. The smallest absolute Gasteiger partial charge is 0.0945 e. The van der Waals surface area contributed by atoms with Gasteiger partial charge in [-0.15, -0.1) is 11.3 Å². The summed E-state index contributed by atoms with van der Waals surface area (Å²) < 4.78 is 0. The molecule has 0 saturated carbocycles. The Morgan fingerprint density at radius 2 is 1.94 bits per heavy atom. The van der Waals surface area contributed by atoms with Gasteiger partial charge in [0.05, 0.1) is 10.7 Å². The summed E-state index contributed by atoms with van der Waals surface area (Å²) >= 11 is 1.72. The minimum atomic E-state index is 0.172. The van der Waals surface area contributed by atoms with Gasteiger partial charge in [0.1, 0.15) is 0 Å². The van der Waals surface area contributed by atoms with Gasteiger partial charge in [-0.05, 0) is 32.9 Å². The molecule has 0 aliphatic carbocycles. The van der Waals surface area contributed by atoms with Crippen molar-refractivity contribution in [2.45, 2.75) is 32.7 Å². The molecule has 0 aliphatic rings. The predicted molar refractivity (Wildman–Crippen MR) is 76.8 cm³/mol. The van der Waals surface area contributed by atoms with Gasteiger partial charge in [0.2, 0.25) is 0 Å². The van der Waals surface area contributed by atoms with Crippen LogP contribution in [-0.4, -0.2) is 22.1 Å². The van der Waals surface area contributed by atoms with Crippen LogP contribution in [0.1, 0.15) is 25.8 Å². The summed E-state index contributed by atoms with van der Waals surface area (Å²) in [5, 5.41) is 6.77. The molecule has 1 N–H and O–H groups in total. The molecule has 2 rings (SSSR count). The molecule has 2 heterocycles. The van der Waals surface area contributed by atoms with Crippen molar-refractivity contribution in [1.29, 1.82) is 0 Å². The van der Waals surface area contributed by atoms with E-state index in [2.05, 4.69) is 41.4 Å². The van der Waals surface area contributed by atoms with Gasteiger partial charge in [-0.1, -0.05) is 0 Å². The predicted octanol–water partition coefficient (Wildman–Crippen LogP) is 3.14. The monoisotopic (exact) mass is 261 g/mol. The van der Waals surface area contributed by atoms with Crippen LogP contribution < -0.4 is 5.32 Å². The molecular formula is C14H19N3S. The average Bonchev–Trinajstić information content (AvgIpc) is 2.77. The van der Waals surface area contributed by atoms with Crippen molar-refractivity contribution in [2.75, 3.05) is 6.54 Å². The van der Waals surface area contributed by atoms with Gasteiger partial charge in [0.15, 0.2) is 0 Å². The number of nitrogens with one attached hydrogen (secondary N) is 1. The molecule has 0 radical (unpaired) electrons. The summed E-state index contributed by atoms with van der Waals surface area (Å²) in [7, 11) is 0. The van der Waals surface area contributed by atoms with Crippen LogP contribution in [0.4, 0.5) is 0 Å². The molecule has 18 heavy (non-hydrogen) atoms. The summed E-state index contributed by atoms with van der Waals surface area (Å²) in [5.74, 6) is 0. The molecule has 96 valence electrons. The van der Waals surface area contributed by atoms with Crippen LogP contribution in [0, 0.1) is 0 Å². The molecule has 0 amide bonds. The first kappa shape index (κ1) is 13.2. The fourth-order valence-electron chi connectivity index (χ4n) is 1.63. The van der Waals surface area contributed by atoms with E-state index in [1.165, 1.54) is 5.01 Å². The third-order valence-electron chi connectivity index (χ3n) is 2.52. The number of rotatable bonds is 4. The van der Waals surface area contributed by atoms with Gasteiger partial charge in [0.25, 0.3) is 0 Å². The normalized spacial score (nSPS) is 11.7. The van der Waals surface area contributed by atoms with Gasteiger partial charge in [-0.2, -0.15) is 0 Å². The molecule has 0 spiro atoms. The van der Waals surface area contributed by atoms with E-state index in [4.69, 9.17) is 0 Å². The molecule has 0 bridgehead atoms. The van der Waals surface area contributed by atoms with Crippen molar-refractivity contribution >= 4 is 11.3 Å². The van der Waals surface area contributed by atoms with Crippen molar-refractivity contribution in [1.82, 2.24) is 15.3 Å². The second-order valence-electron chi connectivity index (χ2n) is 5.29. The molecule has 0 saturated heterocycles. The lowest BCUT2D eigenvalue weighted by molar-refractivity contribution is 0.429. The minimum Gasteiger partial charge on any atom is -0.312 e. The van der Waals surface area contributed by atoms with E-state index in [-0.39, 0.29) is 5.54 Å². The first-order valence-corrected chi connectivity index (χ1v) is 7.02. The van der Waals surface area contributed by atoms with Gasteiger partial charge >= 0.3 is 0 Å². The van der Waals surface area contributed by atoms with Crippen LogP contribution in [0.3, 0.4) is 0 Å². The zero-order chi connectivity index (χ0) is 13.0. The lowest BCUT2D eigenvalue weighted by atomic mass is 10.1. The van der Waals surface area contributed by atoms with Crippen LogP contribution >= 0.6 is 11.3 Å². The minimum absolute atomic E-state index is 0.172. The third kappa shape index (κ3) is 3.89. The molecule has 2 aromatic heterocycles. The lowest BCUT2D eigenvalue weighted by Crippen LogP contribution is -2.37. The molecule has 2 aromatic rings. The Morgan fingerprint density at radius 3 is 2.61 bits per heavy atom. The third-order valence-corrected chi connectivity index (χ3v) is 3.43. The SMILES string of the molecule is CC(C)(C)NCCc1nc(-c2ccncc2)cs1. The van der Waals surface area contributed by atoms with Crippen LogP contribution in [0.2, 0.25) is 0 Å². The zero-order valence-electron chi connectivity index (χ0n) is 11.1. The highest BCUT2D eigenvalue weighted by Gasteiger charge is 2.09. The zero-order valence-corrected chi connectivity index (χ0v) is 11.9. The number of hydrogen-bond acceptors (Lipinski definition) is 4. The molecule has 0 fully saturated rings. The van der Waals surface area contributed by atoms with Crippen molar-refractivity contribution in [3.8, 4) is 11.3 Å². The summed E-state index contributed by atoms with van der Waals surface area (Å²) in [6.45, 7) is 7.50. The maximum Gasteiger partial charge on any atom is 0.0945 e. The highest BCUT2D eigenvalue weighted by molar-refractivity contribution is 7.09. The highest BCUT2D eigenvalue weighted by atomic mass is 32.1. The van der Waals surface area contributed by atoms with E-state index in [0.717, 1.165) is 24.2 Å². The van der Waals surface area contributed by atoms with Crippen LogP contribution in [0.25, 0.3) is 11.3 Å². The molecule has 0 atom stereocenters. The number of aromatic nitrogens is 2. The van der Waals surface area contributed by atoms with E-state index in [0.29, 0.717) is 0 Å². The summed E-state index contributed by atoms with van der Waals surface area (Å²) in [6, 6.07) is 3.98. The second kappa shape index (κ2) is 5.59. The van der Waals surface area contributed by atoms with E-state index in [1.54, 1.807) is 23.7 Å². The van der Waals surface area contributed by atoms with E-state index in [1.807, 2.05) is 12.1 Å². The summed E-state index contributed by atoms with van der Waals surface area (Å²) in [5.41, 5.74) is 2.36. The Balaban J connectivity index is 1.95. The fourth-order valence-corrected chi connectivity index (χ4v) is 2.43. The fraction of sp³-hybridized carbons (Fsp3) is 0.429. The molecule has 0 aliphatic heterocycles. The molecule has 0 aromatic carbocycles. The van der Waals surface area contributed by atoms with Crippen molar-refractivity contribution in [2.24, 2.45) is 0 Å². The first-order chi connectivity index (χ1) is 8.54. The molecule has 0 unspecified atom stereocenters. The average molecular weight is 261 g/mol. The second-order valence-corrected chi connectivity index (χ2v) is 6.23.